The highest BCUT2D eigenvalue weighted by Gasteiger charge is 2.36. The van der Waals surface area contributed by atoms with Gasteiger partial charge in [-0.3, -0.25) is 0 Å². The minimum Gasteiger partial charge on any atom is -0.392 e. The van der Waals surface area contributed by atoms with Crippen LogP contribution in [0.2, 0.25) is 0 Å². The van der Waals surface area contributed by atoms with Crippen molar-refractivity contribution in [2.45, 2.75) is 45.4 Å². The highest BCUT2D eigenvalue weighted by atomic mass is 16.7. The Hall–Kier alpha value is -1.72. The number of aliphatic hydroxyl groups is 1. The first-order chi connectivity index (χ1) is 12.6. The van der Waals surface area contributed by atoms with Crippen LogP contribution in [-0.4, -0.2) is 30.2 Å². The second kappa shape index (κ2) is 8.78. The highest BCUT2D eigenvalue weighted by molar-refractivity contribution is 5.27. The van der Waals surface area contributed by atoms with E-state index in [2.05, 4.69) is 18.2 Å². The van der Waals surface area contributed by atoms with E-state index < -0.39 is 5.79 Å². The zero-order valence-corrected chi connectivity index (χ0v) is 15.6. The van der Waals surface area contributed by atoms with Gasteiger partial charge in [0.25, 0.3) is 0 Å². The zero-order valence-electron chi connectivity index (χ0n) is 15.6. The van der Waals surface area contributed by atoms with Crippen LogP contribution in [0.1, 0.15) is 30.5 Å². The molecule has 1 N–H and O–H groups in total. The maximum atomic E-state index is 9.58. The van der Waals surface area contributed by atoms with Crippen LogP contribution in [-0.2, 0) is 33.8 Å². The van der Waals surface area contributed by atoms with E-state index in [0.29, 0.717) is 19.8 Å². The van der Waals surface area contributed by atoms with E-state index in [-0.39, 0.29) is 18.6 Å². The van der Waals surface area contributed by atoms with E-state index in [1.54, 1.807) is 0 Å². The summed E-state index contributed by atoms with van der Waals surface area (Å²) < 4.78 is 18.0. The van der Waals surface area contributed by atoms with Crippen molar-refractivity contribution in [3.8, 4) is 0 Å². The molecule has 0 saturated carbocycles. The first-order valence-corrected chi connectivity index (χ1v) is 9.18. The van der Waals surface area contributed by atoms with Crippen LogP contribution in [0.3, 0.4) is 0 Å². The van der Waals surface area contributed by atoms with Crippen LogP contribution in [0.5, 0.6) is 0 Å². The van der Waals surface area contributed by atoms with Crippen LogP contribution in [0, 0.1) is 5.92 Å². The van der Waals surface area contributed by atoms with Crippen molar-refractivity contribution in [1.82, 2.24) is 0 Å². The molecule has 4 heteroatoms. The molecule has 1 aliphatic heterocycles. The molecule has 1 heterocycles. The minimum absolute atomic E-state index is 0.0469. The molecular weight excluding hydrogens is 328 g/mol. The second-order valence-corrected chi connectivity index (χ2v) is 7.26. The predicted octanol–water partition coefficient (Wildman–Crippen LogP) is 3.71. The molecule has 3 rings (SSSR count). The van der Waals surface area contributed by atoms with Crippen LogP contribution in [0.4, 0.5) is 0 Å². The topological polar surface area (TPSA) is 47.9 Å². The largest absolute Gasteiger partial charge is 0.392 e. The smallest absolute Gasteiger partial charge is 0.163 e. The number of rotatable bonds is 7. The maximum absolute atomic E-state index is 9.58. The van der Waals surface area contributed by atoms with Gasteiger partial charge in [-0.1, -0.05) is 54.6 Å². The van der Waals surface area contributed by atoms with E-state index >= 15 is 0 Å². The Morgan fingerprint density at radius 2 is 1.73 bits per heavy atom. The summed E-state index contributed by atoms with van der Waals surface area (Å²) in [6, 6.07) is 18.1. The average Bonchev–Trinajstić information content (AvgIpc) is 2.65. The Morgan fingerprint density at radius 3 is 2.46 bits per heavy atom. The molecule has 1 fully saturated rings. The van der Waals surface area contributed by atoms with E-state index in [1.165, 1.54) is 0 Å². The molecule has 0 radical (unpaired) electrons. The lowest BCUT2D eigenvalue weighted by atomic mass is 9.91. The summed E-state index contributed by atoms with van der Waals surface area (Å²) in [5, 5.41) is 9.58. The van der Waals surface area contributed by atoms with Gasteiger partial charge < -0.3 is 19.3 Å². The average molecular weight is 356 g/mol. The number of hydrogen-bond acceptors (Lipinski definition) is 4. The Morgan fingerprint density at radius 1 is 1.04 bits per heavy atom. The van der Waals surface area contributed by atoms with Crippen molar-refractivity contribution in [3.05, 3.63) is 71.3 Å². The van der Waals surface area contributed by atoms with E-state index in [1.807, 2.05) is 50.2 Å². The van der Waals surface area contributed by atoms with Gasteiger partial charge in [0.1, 0.15) is 0 Å². The Balaban J connectivity index is 1.64. The van der Waals surface area contributed by atoms with Gasteiger partial charge in [0.05, 0.1) is 32.5 Å². The van der Waals surface area contributed by atoms with Crippen molar-refractivity contribution < 1.29 is 19.3 Å². The van der Waals surface area contributed by atoms with Crippen molar-refractivity contribution in [1.29, 1.82) is 0 Å². The van der Waals surface area contributed by atoms with E-state index in [0.717, 1.165) is 23.1 Å². The lowest BCUT2D eigenvalue weighted by Crippen LogP contribution is -2.48. The highest BCUT2D eigenvalue weighted by Crippen LogP contribution is 2.29. The molecule has 0 amide bonds. The summed E-state index contributed by atoms with van der Waals surface area (Å²) in [6.07, 6.45) is 0.751. The normalized spacial score (nSPS) is 22.3. The molecule has 2 aromatic rings. The summed E-state index contributed by atoms with van der Waals surface area (Å²) in [5.74, 6) is -0.417. The minimum atomic E-state index is -0.603. The van der Waals surface area contributed by atoms with E-state index in [4.69, 9.17) is 14.2 Å². The Kier molecular flexibility index (Phi) is 6.43. The number of benzene rings is 2. The molecule has 26 heavy (non-hydrogen) atoms. The standard InChI is InChI=1S/C22H28O4/c1-22(2)25-15-20(12-18-10-6-7-11-19(18)13-23)21(26-22)16-24-14-17-8-4-3-5-9-17/h3-11,20-21,23H,12-16H2,1-2H3. The molecule has 0 aliphatic carbocycles. The third-order valence-electron chi connectivity index (χ3n) is 4.77. The summed E-state index contributed by atoms with van der Waals surface area (Å²) in [4.78, 5) is 0. The van der Waals surface area contributed by atoms with Gasteiger partial charge in [0.2, 0.25) is 0 Å². The predicted molar refractivity (Wildman–Crippen MR) is 101 cm³/mol. The third kappa shape index (κ3) is 5.15. The van der Waals surface area contributed by atoms with Crippen molar-refractivity contribution in [3.63, 3.8) is 0 Å². The Labute approximate surface area is 155 Å². The number of ether oxygens (including phenoxy) is 3. The molecule has 0 bridgehead atoms. The van der Waals surface area contributed by atoms with E-state index in [9.17, 15) is 5.11 Å². The second-order valence-electron chi connectivity index (χ2n) is 7.26. The third-order valence-corrected chi connectivity index (χ3v) is 4.77. The van der Waals surface area contributed by atoms with Gasteiger partial charge in [0, 0.05) is 5.92 Å². The molecular formula is C22H28O4. The molecule has 1 aliphatic rings. The quantitative estimate of drug-likeness (QED) is 0.822. The molecule has 2 aromatic carbocycles. The number of aliphatic hydroxyl groups excluding tert-OH is 1. The monoisotopic (exact) mass is 356 g/mol. The molecule has 2 atom stereocenters. The van der Waals surface area contributed by atoms with Gasteiger partial charge in [-0.05, 0) is 37.0 Å². The van der Waals surface area contributed by atoms with Crippen molar-refractivity contribution in [2.75, 3.05) is 13.2 Å². The summed E-state index contributed by atoms with van der Waals surface area (Å²) in [5.41, 5.74) is 3.25. The van der Waals surface area contributed by atoms with Gasteiger partial charge in [-0.25, -0.2) is 0 Å². The lowest BCUT2D eigenvalue weighted by Gasteiger charge is -2.41. The fourth-order valence-corrected chi connectivity index (χ4v) is 3.33. The van der Waals surface area contributed by atoms with Gasteiger partial charge in [-0.2, -0.15) is 0 Å². The molecule has 0 aromatic heterocycles. The first-order valence-electron chi connectivity index (χ1n) is 9.18. The summed E-state index contributed by atoms with van der Waals surface area (Å²) in [7, 11) is 0. The maximum Gasteiger partial charge on any atom is 0.163 e. The van der Waals surface area contributed by atoms with Gasteiger partial charge in [0.15, 0.2) is 5.79 Å². The van der Waals surface area contributed by atoms with Crippen LogP contribution < -0.4 is 0 Å². The van der Waals surface area contributed by atoms with Crippen LogP contribution >= 0.6 is 0 Å². The van der Waals surface area contributed by atoms with Crippen molar-refractivity contribution in [2.24, 2.45) is 5.92 Å². The lowest BCUT2D eigenvalue weighted by molar-refractivity contribution is -0.300. The molecule has 140 valence electrons. The Bertz CT molecular complexity index is 684. The summed E-state index contributed by atoms with van der Waals surface area (Å²) in [6.45, 7) is 5.64. The molecule has 2 unspecified atom stereocenters. The zero-order chi connectivity index (χ0) is 18.4. The van der Waals surface area contributed by atoms with Gasteiger partial charge in [-0.15, -0.1) is 0 Å². The SMILES string of the molecule is CC1(C)OCC(Cc2ccccc2CO)C(COCc2ccccc2)O1. The van der Waals surface area contributed by atoms with Gasteiger partial charge >= 0.3 is 0 Å². The van der Waals surface area contributed by atoms with Crippen molar-refractivity contribution >= 4 is 0 Å². The first kappa shape index (κ1) is 19.1. The molecule has 0 spiro atoms. The van der Waals surface area contributed by atoms with Crippen LogP contribution in [0.25, 0.3) is 0 Å². The fourth-order valence-electron chi connectivity index (χ4n) is 3.33. The molecule has 1 saturated heterocycles. The van der Waals surface area contributed by atoms with Crippen LogP contribution in [0.15, 0.2) is 54.6 Å². The molecule has 4 nitrogen and oxygen atoms in total. The summed E-state index contributed by atoms with van der Waals surface area (Å²) >= 11 is 0. The fraction of sp³-hybridized carbons (Fsp3) is 0.455. The number of hydrogen-bond donors (Lipinski definition) is 1.